The Morgan fingerprint density at radius 1 is 1.39 bits per heavy atom. The van der Waals surface area contributed by atoms with Crippen LogP contribution in [0.15, 0.2) is 11.4 Å². The van der Waals surface area contributed by atoms with E-state index < -0.39 is 5.82 Å². The first-order valence-electron chi connectivity index (χ1n) is 7.56. The van der Waals surface area contributed by atoms with Gasteiger partial charge in [-0.3, -0.25) is 0 Å². The minimum absolute atomic E-state index is 0.0621. The van der Waals surface area contributed by atoms with Crippen LogP contribution in [0.5, 0.6) is 0 Å². The lowest BCUT2D eigenvalue weighted by Crippen LogP contribution is -2.56. The quantitative estimate of drug-likeness (QED) is 0.468. The second kappa shape index (κ2) is 5.72. The molecule has 0 N–H and O–H groups in total. The maximum Gasteiger partial charge on any atom is 0.189 e. The van der Waals surface area contributed by atoms with Crippen molar-refractivity contribution in [2.75, 3.05) is 30.9 Å². The van der Waals surface area contributed by atoms with E-state index in [-0.39, 0.29) is 16.3 Å². The highest BCUT2D eigenvalue weighted by atomic mass is 35.5. The number of aromatic nitrogens is 3. The van der Waals surface area contributed by atoms with Gasteiger partial charge in [0.2, 0.25) is 0 Å². The molecule has 8 heteroatoms. The number of halogens is 2. The summed E-state index contributed by atoms with van der Waals surface area (Å²) in [5.74, 6) is 0.131. The molecule has 2 aromatic heterocycles. The van der Waals surface area contributed by atoms with Gasteiger partial charge in [-0.25, -0.2) is 19.3 Å². The van der Waals surface area contributed by atoms with Crippen LogP contribution in [0.2, 0.25) is 5.15 Å². The molecule has 2 fully saturated rings. The zero-order valence-electron chi connectivity index (χ0n) is 12.7. The van der Waals surface area contributed by atoms with Gasteiger partial charge in [0.1, 0.15) is 11.3 Å². The van der Waals surface area contributed by atoms with Crippen molar-refractivity contribution in [1.29, 1.82) is 0 Å². The van der Waals surface area contributed by atoms with Crippen molar-refractivity contribution in [1.82, 2.24) is 15.0 Å². The first kappa shape index (κ1) is 15.4. The number of hydrogen-bond donors (Lipinski definition) is 0. The molecule has 0 radical (unpaired) electrons. The van der Waals surface area contributed by atoms with E-state index in [9.17, 15) is 4.39 Å². The highest BCUT2D eigenvalue weighted by Crippen LogP contribution is 2.38. The summed E-state index contributed by atoms with van der Waals surface area (Å²) in [5.41, 5.74) is 0.168. The maximum atomic E-state index is 14.4. The molecule has 1 spiro atoms. The number of pyridine rings is 1. The second-order valence-electron chi connectivity index (χ2n) is 5.97. The standard InChI is InChI=1S/C15H16ClFN4OS/c1-23-14-19-11-9(7-18-12(16)10(11)17)13(20-14)21-5-2-3-15(8-21)4-6-22-15/h7H,2-6,8H2,1H3/t15-/m0/s1. The van der Waals surface area contributed by atoms with Gasteiger partial charge < -0.3 is 9.64 Å². The van der Waals surface area contributed by atoms with E-state index in [4.69, 9.17) is 16.3 Å². The molecule has 23 heavy (non-hydrogen) atoms. The van der Waals surface area contributed by atoms with Gasteiger partial charge in [0.05, 0.1) is 17.6 Å². The van der Waals surface area contributed by atoms with E-state index in [2.05, 4.69) is 19.9 Å². The fourth-order valence-corrected chi connectivity index (χ4v) is 3.82. The van der Waals surface area contributed by atoms with E-state index in [1.807, 2.05) is 6.26 Å². The van der Waals surface area contributed by atoms with Crippen molar-refractivity contribution in [3.05, 3.63) is 17.2 Å². The fraction of sp³-hybridized carbons (Fsp3) is 0.533. The van der Waals surface area contributed by atoms with Crippen molar-refractivity contribution in [2.24, 2.45) is 0 Å². The zero-order chi connectivity index (χ0) is 16.0. The SMILES string of the molecule is CSc1nc(N2CCC[C@]3(CCO3)C2)c2cnc(Cl)c(F)c2n1. The van der Waals surface area contributed by atoms with Gasteiger partial charge in [0.15, 0.2) is 16.1 Å². The Kier molecular flexibility index (Phi) is 3.82. The Hall–Kier alpha value is -1.18. The van der Waals surface area contributed by atoms with Crippen LogP contribution in [-0.4, -0.2) is 46.5 Å². The summed E-state index contributed by atoms with van der Waals surface area (Å²) in [4.78, 5) is 15.0. The van der Waals surface area contributed by atoms with Crippen LogP contribution >= 0.6 is 23.4 Å². The van der Waals surface area contributed by atoms with Crippen molar-refractivity contribution < 1.29 is 9.13 Å². The molecule has 122 valence electrons. The number of nitrogens with zero attached hydrogens (tertiary/aromatic N) is 4. The Labute approximate surface area is 142 Å². The van der Waals surface area contributed by atoms with Crippen LogP contribution in [-0.2, 0) is 4.74 Å². The molecular formula is C15H16ClFN4OS. The molecule has 1 atom stereocenters. The van der Waals surface area contributed by atoms with E-state index in [1.54, 1.807) is 6.20 Å². The van der Waals surface area contributed by atoms with E-state index in [0.29, 0.717) is 10.5 Å². The van der Waals surface area contributed by atoms with Crippen LogP contribution in [0.3, 0.4) is 0 Å². The average Bonchev–Trinajstić information content (AvgIpc) is 2.56. The largest absolute Gasteiger partial charge is 0.373 e. The average molecular weight is 355 g/mol. The van der Waals surface area contributed by atoms with Crippen LogP contribution in [0, 0.1) is 5.82 Å². The molecule has 0 saturated carbocycles. The lowest BCUT2D eigenvalue weighted by molar-refractivity contribution is -0.151. The predicted molar refractivity (Wildman–Crippen MR) is 88.8 cm³/mol. The molecule has 4 heterocycles. The third kappa shape index (κ3) is 2.55. The first-order chi connectivity index (χ1) is 11.1. The number of piperidine rings is 1. The number of rotatable bonds is 2. The molecule has 4 rings (SSSR count). The number of thioether (sulfide) groups is 1. The minimum Gasteiger partial charge on any atom is -0.373 e. The highest BCUT2D eigenvalue weighted by molar-refractivity contribution is 7.98. The van der Waals surface area contributed by atoms with Crippen LogP contribution in [0.25, 0.3) is 10.9 Å². The van der Waals surface area contributed by atoms with Crippen molar-refractivity contribution >= 4 is 40.1 Å². The van der Waals surface area contributed by atoms with Gasteiger partial charge in [-0.1, -0.05) is 23.4 Å². The molecular weight excluding hydrogens is 339 g/mol. The second-order valence-corrected chi connectivity index (χ2v) is 7.10. The molecule has 0 bridgehead atoms. The summed E-state index contributed by atoms with van der Waals surface area (Å²) in [6, 6.07) is 0. The third-order valence-corrected chi connectivity index (χ3v) is 5.40. The molecule has 0 unspecified atom stereocenters. The molecule has 5 nitrogen and oxygen atoms in total. The van der Waals surface area contributed by atoms with E-state index in [1.165, 1.54) is 11.8 Å². The monoisotopic (exact) mass is 354 g/mol. The maximum absolute atomic E-state index is 14.4. The predicted octanol–water partition coefficient (Wildman–Crippen LogP) is 3.30. The van der Waals surface area contributed by atoms with Gasteiger partial charge in [-0.2, -0.15) is 0 Å². The Bertz CT molecular complexity index is 771. The fourth-order valence-electron chi connectivity index (χ4n) is 3.32. The van der Waals surface area contributed by atoms with Gasteiger partial charge >= 0.3 is 0 Å². The number of anilines is 1. The van der Waals surface area contributed by atoms with Crippen LogP contribution in [0.4, 0.5) is 10.2 Å². The Morgan fingerprint density at radius 3 is 2.91 bits per heavy atom. The number of fused-ring (bicyclic) bond motifs is 1. The Balaban J connectivity index is 1.83. The topological polar surface area (TPSA) is 51.1 Å². The molecule has 2 aromatic rings. The van der Waals surface area contributed by atoms with Gasteiger partial charge in [0, 0.05) is 25.7 Å². The summed E-state index contributed by atoms with van der Waals surface area (Å²) in [6.45, 7) is 2.46. The van der Waals surface area contributed by atoms with Crippen LogP contribution in [0.1, 0.15) is 19.3 Å². The van der Waals surface area contributed by atoms with E-state index >= 15 is 0 Å². The zero-order valence-corrected chi connectivity index (χ0v) is 14.3. The lowest BCUT2D eigenvalue weighted by Gasteiger charge is -2.48. The molecule has 2 aliphatic rings. The normalized spacial score (nSPS) is 24.2. The third-order valence-electron chi connectivity index (χ3n) is 4.59. The van der Waals surface area contributed by atoms with E-state index in [0.717, 1.165) is 44.8 Å². The van der Waals surface area contributed by atoms with Gasteiger partial charge in [0.25, 0.3) is 0 Å². The summed E-state index contributed by atoms with van der Waals surface area (Å²) in [5, 5.41) is 0.968. The van der Waals surface area contributed by atoms with Crippen molar-refractivity contribution in [2.45, 2.75) is 30.0 Å². The number of ether oxygens (including phenoxy) is 1. The van der Waals surface area contributed by atoms with Crippen LogP contribution < -0.4 is 4.90 Å². The summed E-state index contributed by atoms with van der Waals surface area (Å²) >= 11 is 7.20. The van der Waals surface area contributed by atoms with Gasteiger partial charge in [-0.05, 0) is 19.1 Å². The highest BCUT2D eigenvalue weighted by Gasteiger charge is 2.42. The molecule has 2 aliphatic heterocycles. The minimum atomic E-state index is -0.588. The van der Waals surface area contributed by atoms with Gasteiger partial charge in [-0.15, -0.1) is 0 Å². The molecule has 2 saturated heterocycles. The molecule has 0 amide bonds. The summed E-state index contributed by atoms with van der Waals surface area (Å²) in [7, 11) is 0. The van der Waals surface area contributed by atoms with Crippen molar-refractivity contribution in [3.63, 3.8) is 0 Å². The van der Waals surface area contributed by atoms with Crippen molar-refractivity contribution in [3.8, 4) is 0 Å². The summed E-state index contributed by atoms with van der Waals surface area (Å²) in [6.07, 6.45) is 6.60. The molecule has 0 aromatic carbocycles. The Morgan fingerprint density at radius 2 is 2.22 bits per heavy atom. The summed E-state index contributed by atoms with van der Waals surface area (Å²) < 4.78 is 20.2. The first-order valence-corrected chi connectivity index (χ1v) is 9.17. The smallest absolute Gasteiger partial charge is 0.189 e. The molecule has 0 aliphatic carbocycles. The number of hydrogen-bond acceptors (Lipinski definition) is 6. The lowest BCUT2D eigenvalue weighted by atomic mass is 9.86.